The zero-order valence-corrected chi connectivity index (χ0v) is 32.5. The molecule has 0 aliphatic rings. The Hall–Kier alpha value is -5.25. The maximum atomic E-state index is 11.9. The monoisotopic (exact) mass is 754 g/mol. The third-order valence-corrected chi connectivity index (χ3v) is 8.94. The van der Waals surface area contributed by atoms with E-state index in [2.05, 4.69) is 96.2 Å². The number of carbonyl (C=O) groups excluding carboxylic acids is 3. The fourth-order valence-corrected chi connectivity index (χ4v) is 5.91. The number of hydrogen-bond donors (Lipinski definition) is 1. The number of carboxylic acid groups (broad SMARTS) is 1. The number of carboxylic acids is 1. The summed E-state index contributed by atoms with van der Waals surface area (Å²) in [6.07, 6.45) is 14.7. The van der Waals surface area contributed by atoms with E-state index in [0.717, 1.165) is 64.2 Å². The molecule has 4 aromatic rings. The molecular weight excluding hydrogens is 697 g/mol. The molecule has 55 heavy (non-hydrogen) atoms. The average Bonchev–Trinajstić information content (AvgIpc) is 3.74. The van der Waals surface area contributed by atoms with Crippen molar-refractivity contribution in [3.8, 4) is 11.1 Å². The summed E-state index contributed by atoms with van der Waals surface area (Å²) in [7, 11) is 0. The number of imidazole rings is 1. The molecule has 1 heterocycles. The molecule has 0 aliphatic carbocycles. The van der Waals surface area contributed by atoms with E-state index in [1.807, 2.05) is 30.9 Å². The number of esters is 3. The van der Waals surface area contributed by atoms with Gasteiger partial charge in [0.25, 0.3) is 0 Å². The van der Waals surface area contributed by atoms with E-state index in [4.69, 9.17) is 19.3 Å². The normalized spacial score (nSPS) is 11.3. The Kier molecular flexibility index (Phi) is 21.3. The number of hydrogen-bond acceptors (Lipinski definition) is 8. The summed E-state index contributed by atoms with van der Waals surface area (Å²) in [5.74, 6) is -2.65. The van der Waals surface area contributed by atoms with Crippen LogP contribution in [0.3, 0.4) is 0 Å². The van der Waals surface area contributed by atoms with Gasteiger partial charge in [-0.1, -0.05) is 150 Å². The van der Waals surface area contributed by atoms with E-state index in [0.29, 0.717) is 0 Å². The zero-order valence-electron chi connectivity index (χ0n) is 32.5. The molecule has 0 radical (unpaired) electrons. The molecule has 4 rings (SSSR count). The molecule has 1 unspecified atom stereocenters. The second kappa shape index (κ2) is 26.5. The van der Waals surface area contributed by atoms with Gasteiger partial charge in [-0.3, -0.25) is 19.2 Å². The standard InChI is InChI=1S/C23H40O8.C22H18N2/c1-3-5-7-9-11-13-21(26)29-17-19(31-23(28)16-15-20(24)25)18-30-22(27)14-12-10-8-6-4-2;1-3-7-18(8-4-1)19-11-13-21(14-12-19)22(24-16-15-23-17-24)20-9-5-2-6-10-20/h19H,3-18H2,1-2H3,(H,24,25);1-17,22H. The van der Waals surface area contributed by atoms with Gasteiger partial charge in [-0.05, 0) is 35.1 Å². The third kappa shape index (κ3) is 18.1. The number of aliphatic carboxylic acids is 1. The fourth-order valence-electron chi connectivity index (χ4n) is 5.91. The van der Waals surface area contributed by atoms with Crippen molar-refractivity contribution in [3.63, 3.8) is 0 Å². The van der Waals surface area contributed by atoms with E-state index < -0.39 is 30.0 Å². The number of rotatable bonds is 24. The smallest absolute Gasteiger partial charge is 0.306 e. The molecule has 0 saturated heterocycles. The van der Waals surface area contributed by atoms with Gasteiger partial charge in [0.05, 0.1) is 25.2 Å². The SMILES string of the molecule is CCCCCCCC(=O)OCC(COC(=O)CCCCCCC)OC(=O)CCC(=O)O.c1ccc(-c2ccc(C(c3ccccc3)n3ccnc3)cc2)cc1. The van der Waals surface area contributed by atoms with Crippen LogP contribution in [0, 0.1) is 0 Å². The lowest BCUT2D eigenvalue weighted by atomic mass is 9.96. The highest BCUT2D eigenvalue weighted by Crippen LogP contribution is 2.28. The summed E-state index contributed by atoms with van der Waals surface area (Å²) in [4.78, 5) is 50.5. The van der Waals surface area contributed by atoms with E-state index >= 15 is 0 Å². The molecule has 0 aliphatic heterocycles. The van der Waals surface area contributed by atoms with Gasteiger partial charge in [0.15, 0.2) is 6.10 Å². The first-order chi connectivity index (χ1) is 26.8. The molecule has 1 aromatic heterocycles. The van der Waals surface area contributed by atoms with Crippen LogP contribution >= 0.6 is 0 Å². The van der Waals surface area contributed by atoms with E-state index in [-0.39, 0.29) is 44.9 Å². The van der Waals surface area contributed by atoms with E-state index in [9.17, 15) is 19.2 Å². The number of aromatic nitrogens is 2. The van der Waals surface area contributed by atoms with Crippen LogP contribution < -0.4 is 0 Å². The number of nitrogens with zero attached hydrogens (tertiary/aromatic N) is 2. The summed E-state index contributed by atoms with van der Waals surface area (Å²) in [6.45, 7) is 3.78. The maximum absolute atomic E-state index is 11.9. The van der Waals surface area contributed by atoms with Crippen LogP contribution in [0.25, 0.3) is 11.1 Å². The molecule has 3 aromatic carbocycles. The summed E-state index contributed by atoms with van der Waals surface area (Å²) >= 11 is 0. The van der Waals surface area contributed by atoms with Gasteiger partial charge in [-0.2, -0.15) is 0 Å². The Morgan fingerprint density at radius 1 is 0.600 bits per heavy atom. The predicted molar refractivity (Wildman–Crippen MR) is 213 cm³/mol. The third-order valence-electron chi connectivity index (χ3n) is 8.94. The lowest BCUT2D eigenvalue weighted by Gasteiger charge is -2.20. The van der Waals surface area contributed by atoms with Gasteiger partial charge in [-0.15, -0.1) is 0 Å². The quantitative estimate of drug-likeness (QED) is 0.0422. The molecule has 1 N–H and O–H groups in total. The summed E-state index contributed by atoms with van der Waals surface area (Å²) in [5.41, 5.74) is 4.97. The maximum Gasteiger partial charge on any atom is 0.306 e. The number of carbonyl (C=O) groups is 4. The molecule has 0 amide bonds. The van der Waals surface area contributed by atoms with Gasteiger partial charge in [0.2, 0.25) is 0 Å². The second-order valence-corrected chi connectivity index (χ2v) is 13.5. The van der Waals surface area contributed by atoms with Crippen LogP contribution in [0.15, 0.2) is 104 Å². The Morgan fingerprint density at radius 2 is 1.11 bits per heavy atom. The van der Waals surface area contributed by atoms with Crippen LogP contribution in [0.2, 0.25) is 0 Å². The number of ether oxygens (including phenoxy) is 3. The Labute approximate surface area is 326 Å². The zero-order chi connectivity index (χ0) is 39.5. The molecule has 0 saturated carbocycles. The van der Waals surface area contributed by atoms with Gasteiger partial charge < -0.3 is 23.9 Å². The van der Waals surface area contributed by atoms with Crippen molar-refractivity contribution in [1.82, 2.24) is 9.55 Å². The average molecular weight is 755 g/mol. The highest BCUT2D eigenvalue weighted by Gasteiger charge is 2.20. The van der Waals surface area contributed by atoms with Crippen molar-refractivity contribution in [3.05, 3.63) is 115 Å². The molecule has 1 atom stereocenters. The van der Waals surface area contributed by atoms with Crippen molar-refractivity contribution in [2.45, 2.75) is 116 Å². The summed E-state index contributed by atoms with van der Waals surface area (Å²) in [5, 5.41) is 8.68. The molecule has 296 valence electrons. The van der Waals surface area contributed by atoms with Crippen molar-refractivity contribution >= 4 is 23.9 Å². The minimum atomic E-state index is -1.11. The van der Waals surface area contributed by atoms with E-state index in [1.165, 1.54) is 22.3 Å². The van der Waals surface area contributed by atoms with Gasteiger partial charge >= 0.3 is 23.9 Å². The largest absolute Gasteiger partial charge is 0.481 e. The highest BCUT2D eigenvalue weighted by molar-refractivity contribution is 5.76. The lowest BCUT2D eigenvalue weighted by molar-refractivity contribution is -0.167. The fraction of sp³-hybridized carbons (Fsp3) is 0.444. The molecule has 0 bridgehead atoms. The molecule has 0 spiro atoms. The van der Waals surface area contributed by atoms with Crippen molar-refractivity contribution in [2.75, 3.05) is 13.2 Å². The topological polar surface area (TPSA) is 134 Å². The molecule has 0 fully saturated rings. The van der Waals surface area contributed by atoms with Crippen LogP contribution in [0.1, 0.15) is 121 Å². The van der Waals surface area contributed by atoms with Crippen LogP contribution in [0.4, 0.5) is 0 Å². The minimum absolute atomic E-state index is 0.138. The first-order valence-corrected chi connectivity index (χ1v) is 19.7. The summed E-state index contributed by atoms with van der Waals surface area (Å²) in [6, 6.07) is 29.9. The molecule has 10 nitrogen and oxygen atoms in total. The van der Waals surface area contributed by atoms with Crippen LogP contribution in [0.5, 0.6) is 0 Å². The minimum Gasteiger partial charge on any atom is -0.481 e. The van der Waals surface area contributed by atoms with Gasteiger partial charge in [0, 0.05) is 25.2 Å². The number of unbranched alkanes of at least 4 members (excludes halogenated alkanes) is 8. The highest BCUT2D eigenvalue weighted by atomic mass is 16.6. The van der Waals surface area contributed by atoms with E-state index in [1.54, 1.807) is 0 Å². The Balaban J connectivity index is 0.000000302. The van der Waals surface area contributed by atoms with Crippen molar-refractivity contribution < 1.29 is 38.5 Å². The molecular formula is C45H58N2O8. The molecule has 10 heteroatoms. The Morgan fingerprint density at radius 3 is 1.62 bits per heavy atom. The van der Waals surface area contributed by atoms with Crippen LogP contribution in [-0.2, 0) is 33.4 Å². The Bertz CT molecular complexity index is 1610. The van der Waals surface area contributed by atoms with Crippen molar-refractivity contribution in [2.24, 2.45) is 0 Å². The number of benzene rings is 3. The first-order valence-electron chi connectivity index (χ1n) is 19.7. The predicted octanol–water partition coefficient (Wildman–Crippen LogP) is 9.76. The lowest BCUT2D eigenvalue weighted by Crippen LogP contribution is -2.31. The summed E-state index contributed by atoms with van der Waals surface area (Å²) < 4.78 is 17.6. The van der Waals surface area contributed by atoms with Crippen LogP contribution in [-0.4, -0.2) is 57.9 Å². The van der Waals surface area contributed by atoms with Gasteiger partial charge in [0.1, 0.15) is 13.2 Å². The van der Waals surface area contributed by atoms with Gasteiger partial charge in [-0.25, -0.2) is 4.98 Å². The van der Waals surface area contributed by atoms with Crippen molar-refractivity contribution in [1.29, 1.82) is 0 Å². The first kappa shape index (κ1) is 44.1. The second-order valence-electron chi connectivity index (χ2n) is 13.5.